The van der Waals surface area contributed by atoms with Gasteiger partial charge in [0.25, 0.3) is 0 Å². The molecule has 0 aliphatic carbocycles. The van der Waals surface area contributed by atoms with Gasteiger partial charge in [-0.1, -0.05) is 6.07 Å². The summed E-state index contributed by atoms with van der Waals surface area (Å²) in [5.74, 6) is -3.65. The first-order chi connectivity index (χ1) is 8.07. The quantitative estimate of drug-likeness (QED) is 0.532. The van der Waals surface area contributed by atoms with Crippen molar-refractivity contribution in [3.05, 3.63) is 22.4 Å². The van der Waals surface area contributed by atoms with E-state index >= 15 is 0 Å². The summed E-state index contributed by atoms with van der Waals surface area (Å²) in [5, 5.41) is 20.1. The predicted molar refractivity (Wildman–Crippen MR) is 63.2 cm³/mol. The van der Waals surface area contributed by atoms with E-state index in [0.717, 1.165) is 19.7 Å². The van der Waals surface area contributed by atoms with Gasteiger partial charge in [-0.25, -0.2) is 9.59 Å². The molecule has 0 aromatic carbocycles. The molecule has 1 rings (SSSR count). The lowest BCUT2D eigenvalue weighted by Gasteiger charge is -2.00. The summed E-state index contributed by atoms with van der Waals surface area (Å²) in [4.78, 5) is 19.6. The van der Waals surface area contributed by atoms with Crippen LogP contribution in [0.5, 0.6) is 0 Å². The van der Waals surface area contributed by atoms with Crippen molar-refractivity contribution >= 4 is 23.3 Å². The van der Waals surface area contributed by atoms with Gasteiger partial charge in [0, 0.05) is 25.1 Å². The van der Waals surface area contributed by atoms with Crippen LogP contribution in [0.15, 0.2) is 17.5 Å². The molecule has 0 unspecified atom stereocenters. The minimum Gasteiger partial charge on any atom is -0.473 e. The number of methoxy groups -OCH3 is 1. The number of hydrogen-bond acceptors (Lipinski definition) is 5. The number of rotatable bonds is 5. The van der Waals surface area contributed by atoms with Crippen LogP contribution in [0.3, 0.4) is 0 Å². The number of thiophene rings is 1. The molecule has 0 aliphatic heterocycles. The van der Waals surface area contributed by atoms with Crippen LogP contribution >= 0.6 is 11.3 Å². The summed E-state index contributed by atoms with van der Waals surface area (Å²) in [6.45, 7) is 2.67. The van der Waals surface area contributed by atoms with E-state index in [0.29, 0.717) is 0 Å². The molecule has 0 saturated carbocycles. The van der Waals surface area contributed by atoms with Gasteiger partial charge in [-0.3, -0.25) is 0 Å². The van der Waals surface area contributed by atoms with Gasteiger partial charge in [-0.2, -0.15) is 0 Å². The first-order valence-electron chi connectivity index (χ1n) is 4.76. The van der Waals surface area contributed by atoms with Crippen molar-refractivity contribution in [3.8, 4) is 0 Å². The molecule has 6 nitrogen and oxygen atoms in total. The highest BCUT2D eigenvalue weighted by atomic mass is 32.1. The molecule has 0 bridgehead atoms. The SMILES string of the molecule is COCCNCc1cccs1.O=C(O)C(=O)O. The van der Waals surface area contributed by atoms with Crippen molar-refractivity contribution in [2.45, 2.75) is 6.54 Å². The first-order valence-corrected chi connectivity index (χ1v) is 5.64. The van der Waals surface area contributed by atoms with Gasteiger partial charge in [0.2, 0.25) is 0 Å². The van der Waals surface area contributed by atoms with E-state index in [9.17, 15) is 0 Å². The van der Waals surface area contributed by atoms with Crippen LogP contribution in [0.2, 0.25) is 0 Å². The van der Waals surface area contributed by atoms with Crippen molar-refractivity contribution in [1.29, 1.82) is 0 Å². The van der Waals surface area contributed by atoms with Gasteiger partial charge in [-0.05, 0) is 11.4 Å². The number of aliphatic carboxylic acids is 2. The van der Waals surface area contributed by atoms with Gasteiger partial charge >= 0.3 is 11.9 Å². The normalized spacial score (nSPS) is 9.24. The highest BCUT2D eigenvalue weighted by Crippen LogP contribution is 2.06. The first kappa shape index (κ1) is 15.6. The summed E-state index contributed by atoms with van der Waals surface area (Å²) in [6.07, 6.45) is 0. The largest absolute Gasteiger partial charge is 0.473 e. The highest BCUT2D eigenvalue weighted by Gasteiger charge is 2.04. The van der Waals surface area contributed by atoms with Crippen molar-refractivity contribution in [2.24, 2.45) is 0 Å². The zero-order valence-electron chi connectivity index (χ0n) is 9.38. The third-order valence-corrected chi connectivity index (χ3v) is 2.42. The minimum absolute atomic E-state index is 0.783. The van der Waals surface area contributed by atoms with Crippen molar-refractivity contribution in [3.63, 3.8) is 0 Å². The molecule has 17 heavy (non-hydrogen) atoms. The maximum absolute atomic E-state index is 9.10. The second kappa shape index (κ2) is 9.76. The summed E-state index contributed by atoms with van der Waals surface area (Å²) in [7, 11) is 1.72. The second-order valence-corrected chi connectivity index (χ2v) is 3.89. The molecule has 0 spiro atoms. The lowest BCUT2D eigenvalue weighted by atomic mass is 10.4. The zero-order valence-corrected chi connectivity index (χ0v) is 10.2. The monoisotopic (exact) mass is 261 g/mol. The second-order valence-electron chi connectivity index (χ2n) is 2.86. The smallest absolute Gasteiger partial charge is 0.414 e. The number of nitrogens with one attached hydrogen (secondary N) is 1. The molecule has 0 radical (unpaired) electrons. The van der Waals surface area contributed by atoms with E-state index in [2.05, 4.69) is 22.8 Å². The van der Waals surface area contributed by atoms with Crippen LogP contribution in [-0.2, 0) is 20.9 Å². The van der Waals surface area contributed by atoms with E-state index in [1.54, 1.807) is 18.4 Å². The van der Waals surface area contributed by atoms with E-state index in [-0.39, 0.29) is 0 Å². The van der Waals surface area contributed by atoms with Gasteiger partial charge in [0.15, 0.2) is 0 Å². The molecule has 96 valence electrons. The average molecular weight is 261 g/mol. The Balaban J connectivity index is 0.000000366. The van der Waals surface area contributed by atoms with E-state index in [1.165, 1.54) is 4.88 Å². The Morgan fingerprint density at radius 2 is 2.06 bits per heavy atom. The van der Waals surface area contributed by atoms with Gasteiger partial charge < -0.3 is 20.3 Å². The minimum atomic E-state index is -1.82. The van der Waals surface area contributed by atoms with Gasteiger partial charge in [0.05, 0.1) is 6.61 Å². The molecule has 0 aliphatic rings. The summed E-state index contributed by atoms with van der Waals surface area (Å²) < 4.78 is 4.90. The molecule has 0 amide bonds. The van der Waals surface area contributed by atoms with Crippen LogP contribution < -0.4 is 5.32 Å². The molecule has 0 fully saturated rings. The lowest BCUT2D eigenvalue weighted by Crippen LogP contribution is -2.17. The average Bonchev–Trinajstić information content (AvgIpc) is 2.78. The lowest BCUT2D eigenvalue weighted by molar-refractivity contribution is -0.159. The predicted octanol–water partition coefficient (Wildman–Crippen LogP) is 0.640. The number of carboxylic acid groups (broad SMARTS) is 2. The molecule has 0 saturated heterocycles. The van der Waals surface area contributed by atoms with Crippen LogP contribution in [0.25, 0.3) is 0 Å². The Hall–Kier alpha value is -1.44. The molecule has 1 aromatic rings. The van der Waals surface area contributed by atoms with Crippen LogP contribution in [0, 0.1) is 0 Å². The van der Waals surface area contributed by atoms with E-state index in [4.69, 9.17) is 24.5 Å². The summed E-state index contributed by atoms with van der Waals surface area (Å²) >= 11 is 1.78. The van der Waals surface area contributed by atoms with Gasteiger partial charge in [0.1, 0.15) is 0 Å². The number of ether oxygens (including phenoxy) is 1. The number of carboxylic acids is 2. The molecule has 3 N–H and O–H groups in total. The Kier molecular flexibility index (Phi) is 8.94. The van der Waals surface area contributed by atoms with Crippen LogP contribution in [-0.4, -0.2) is 42.4 Å². The van der Waals surface area contributed by atoms with Gasteiger partial charge in [-0.15, -0.1) is 11.3 Å². The fraction of sp³-hybridized carbons (Fsp3) is 0.400. The van der Waals surface area contributed by atoms with E-state index < -0.39 is 11.9 Å². The Morgan fingerprint density at radius 1 is 1.41 bits per heavy atom. The summed E-state index contributed by atoms with van der Waals surface area (Å²) in [5.41, 5.74) is 0. The zero-order chi connectivity index (χ0) is 13.1. The molecular weight excluding hydrogens is 246 g/mol. The number of carbonyl (C=O) groups is 2. The third-order valence-electron chi connectivity index (χ3n) is 1.55. The highest BCUT2D eigenvalue weighted by molar-refractivity contribution is 7.09. The standard InChI is InChI=1S/C8H13NOS.C2H2O4/c1-10-5-4-9-7-8-3-2-6-11-8;3-1(4)2(5)6/h2-3,6,9H,4-5,7H2,1H3;(H,3,4)(H,5,6). The van der Waals surface area contributed by atoms with Crippen molar-refractivity contribution < 1.29 is 24.5 Å². The van der Waals surface area contributed by atoms with Crippen LogP contribution in [0.1, 0.15) is 4.88 Å². The van der Waals surface area contributed by atoms with Crippen LogP contribution in [0.4, 0.5) is 0 Å². The topological polar surface area (TPSA) is 95.9 Å². The van der Waals surface area contributed by atoms with Crippen molar-refractivity contribution in [1.82, 2.24) is 5.32 Å². The molecule has 7 heteroatoms. The Labute approximate surface area is 103 Å². The molecule has 1 heterocycles. The molecular formula is C10H15NO5S. The molecule has 1 aromatic heterocycles. The van der Waals surface area contributed by atoms with E-state index in [1.807, 2.05) is 0 Å². The Morgan fingerprint density at radius 3 is 2.47 bits per heavy atom. The fourth-order valence-electron chi connectivity index (χ4n) is 0.799. The number of hydrogen-bond donors (Lipinski definition) is 3. The fourth-order valence-corrected chi connectivity index (χ4v) is 1.47. The maximum atomic E-state index is 9.10. The third kappa shape index (κ3) is 9.49. The molecule has 0 atom stereocenters. The van der Waals surface area contributed by atoms with Crippen molar-refractivity contribution in [2.75, 3.05) is 20.3 Å². The Bertz CT molecular complexity index is 313. The summed E-state index contributed by atoms with van der Waals surface area (Å²) in [6, 6.07) is 4.20. The maximum Gasteiger partial charge on any atom is 0.414 e.